The molecule has 1 aromatic heterocycles. The molecule has 1 amide bonds. The lowest BCUT2D eigenvalue weighted by Gasteiger charge is -2.34. The van der Waals surface area contributed by atoms with E-state index in [9.17, 15) is 4.79 Å². The van der Waals surface area contributed by atoms with E-state index in [-0.39, 0.29) is 17.9 Å². The van der Waals surface area contributed by atoms with Gasteiger partial charge in [-0.15, -0.1) is 0 Å². The topological polar surface area (TPSA) is 69.6 Å². The highest BCUT2D eigenvalue weighted by Gasteiger charge is 2.28. The van der Waals surface area contributed by atoms with Crippen LogP contribution >= 0.6 is 23.2 Å². The highest BCUT2D eigenvalue weighted by Crippen LogP contribution is 2.44. The zero-order valence-electron chi connectivity index (χ0n) is 20.6. The normalized spacial score (nSPS) is 18.0. The van der Waals surface area contributed by atoms with E-state index >= 15 is 0 Å². The number of rotatable bonds is 6. The summed E-state index contributed by atoms with van der Waals surface area (Å²) in [6, 6.07) is 15.2. The third-order valence-electron chi connectivity index (χ3n) is 6.80. The molecule has 0 spiro atoms. The molecule has 0 bridgehead atoms. The van der Waals surface area contributed by atoms with Crippen molar-refractivity contribution in [1.82, 2.24) is 9.88 Å². The fourth-order valence-electron chi connectivity index (χ4n) is 4.91. The molecule has 0 aliphatic carbocycles. The summed E-state index contributed by atoms with van der Waals surface area (Å²) in [7, 11) is 0. The first-order valence-electron chi connectivity index (χ1n) is 12.5. The quantitative estimate of drug-likeness (QED) is 0.333. The number of halogens is 2. The van der Waals surface area contributed by atoms with Crippen LogP contribution in [0, 0.1) is 0 Å². The van der Waals surface area contributed by atoms with Gasteiger partial charge in [0.15, 0.2) is 0 Å². The van der Waals surface area contributed by atoms with Crippen LogP contribution in [0.4, 0.5) is 17.1 Å². The fraction of sp³-hybridized carbons (Fsp3) is 0.276. The van der Waals surface area contributed by atoms with Crippen molar-refractivity contribution in [2.75, 3.05) is 30.3 Å². The lowest BCUT2D eigenvalue weighted by atomic mass is 9.86. The van der Waals surface area contributed by atoms with Crippen LogP contribution in [0.1, 0.15) is 47.2 Å². The number of amides is 1. The number of carbonyl (C=O) groups is 1. The summed E-state index contributed by atoms with van der Waals surface area (Å²) >= 11 is 12.0. The van der Waals surface area contributed by atoms with Crippen LogP contribution in [0.3, 0.4) is 0 Å². The first kappa shape index (κ1) is 25.5. The summed E-state index contributed by atoms with van der Waals surface area (Å²) in [6.07, 6.45) is 9.78. The van der Waals surface area contributed by atoms with Gasteiger partial charge in [0.25, 0.3) is 5.91 Å². The Morgan fingerprint density at radius 3 is 2.68 bits per heavy atom. The average molecular weight is 534 g/mol. The van der Waals surface area contributed by atoms with E-state index in [1.807, 2.05) is 42.6 Å². The van der Waals surface area contributed by atoms with Gasteiger partial charge in [0.05, 0.1) is 17.4 Å². The van der Waals surface area contributed by atoms with Crippen molar-refractivity contribution < 1.29 is 4.79 Å². The number of aromatic nitrogens is 1. The second-order valence-electron chi connectivity index (χ2n) is 9.48. The van der Waals surface area contributed by atoms with Crippen LogP contribution < -0.4 is 10.6 Å². The Hall–Kier alpha value is -3.19. The number of likely N-dealkylation sites (tertiary alicyclic amines) is 1. The smallest absolute Gasteiger partial charge is 0.255 e. The van der Waals surface area contributed by atoms with E-state index in [0.717, 1.165) is 65.7 Å². The minimum absolute atomic E-state index is 0.161. The van der Waals surface area contributed by atoms with Gasteiger partial charge in [-0.05, 0) is 80.7 Å². The van der Waals surface area contributed by atoms with Crippen molar-refractivity contribution in [3.63, 3.8) is 0 Å². The van der Waals surface area contributed by atoms with Gasteiger partial charge >= 0.3 is 0 Å². The number of nitrogens with one attached hydrogen (secondary N) is 2. The molecule has 1 saturated heterocycles. The monoisotopic (exact) mass is 533 g/mol. The number of benzene rings is 2. The van der Waals surface area contributed by atoms with Crippen molar-refractivity contribution in [3.05, 3.63) is 87.7 Å². The third kappa shape index (κ3) is 6.21. The standard InChI is InChI=1S/C29H29Cl2N5O/c1-19-18-33-28-25(34-19)9-8-24(35-29(37)22-10-13-32-26(31)17-22)27(28)21-11-15-36(16-12-21)14-2-3-20-4-6-23(30)7-5-20/h2-10,13,17-19,21,34H,11-12,14-16H2,1H3,(H,35,37)/b3-2+. The molecule has 1 fully saturated rings. The number of hydrogen-bond acceptors (Lipinski definition) is 5. The van der Waals surface area contributed by atoms with Gasteiger partial charge in [-0.1, -0.05) is 47.5 Å². The molecule has 8 heteroatoms. The Kier molecular flexibility index (Phi) is 7.89. The summed E-state index contributed by atoms with van der Waals surface area (Å²) in [5, 5.41) is 7.66. The summed E-state index contributed by atoms with van der Waals surface area (Å²) in [5.41, 5.74) is 5.43. The maximum atomic E-state index is 13.1. The molecule has 2 N–H and O–H groups in total. The number of piperidine rings is 1. The minimum atomic E-state index is -0.212. The Balaban J connectivity index is 1.32. The second-order valence-corrected chi connectivity index (χ2v) is 10.3. The summed E-state index contributed by atoms with van der Waals surface area (Å²) in [5.74, 6) is 0.0755. The van der Waals surface area contributed by atoms with Crippen molar-refractivity contribution in [2.45, 2.75) is 31.7 Å². The van der Waals surface area contributed by atoms with E-state index in [2.05, 4.69) is 39.6 Å². The van der Waals surface area contributed by atoms with Crippen LogP contribution in [0.5, 0.6) is 0 Å². The van der Waals surface area contributed by atoms with Crippen LogP contribution in [-0.2, 0) is 0 Å². The zero-order chi connectivity index (χ0) is 25.8. The number of anilines is 2. The molecule has 190 valence electrons. The van der Waals surface area contributed by atoms with Crippen LogP contribution in [0.25, 0.3) is 6.08 Å². The highest BCUT2D eigenvalue weighted by atomic mass is 35.5. The Bertz CT molecular complexity index is 1330. The highest BCUT2D eigenvalue weighted by molar-refractivity contribution is 6.30. The number of carbonyl (C=O) groups excluding carboxylic acids is 1. The molecule has 2 aromatic carbocycles. The molecule has 0 saturated carbocycles. The lowest BCUT2D eigenvalue weighted by molar-refractivity contribution is 0.102. The molecule has 0 radical (unpaired) electrons. The van der Waals surface area contributed by atoms with Gasteiger partial charge in [-0.25, -0.2) is 4.98 Å². The molecule has 37 heavy (non-hydrogen) atoms. The first-order valence-corrected chi connectivity index (χ1v) is 13.3. The fourth-order valence-corrected chi connectivity index (χ4v) is 5.21. The van der Waals surface area contributed by atoms with E-state index in [4.69, 9.17) is 28.2 Å². The Morgan fingerprint density at radius 1 is 1.14 bits per heavy atom. The van der Waals surface area contributed by atoms with Gasteiger partial charge in [0.1, 0.15) is 5.15 Å². The van der Waals surface area contributed by atoms with Crippen LogP contribution in [-0.4, -0.2) is 47.7 Å². The number of pyridine rings is 1. The van der Waals surface area contributed by atoms with Crippen molar-refractivity contribution in [1.29, 1.82) is 0 Å². The van der Waals surface area contributed by atoms with Gasteiger partial charge in [0, 0.05) is 40.8 Å². The number of fused-ring (bicyclic) bond motifs is 1. The second kappa shape index (κ2) is 11.5. The summed E-state index contributed by atoms with van der Waals surface area (Å²) in [6.45, 7) is 4.91. The third-order valence-corrected chi connectivity index (χ3v) is 7.26. The molecule has 3 aromatic rings. The Labute approximate surface area is 227 Å². The van der Waals surface area contributed by atoms with Crippen LogP contribution in [0.15, 0.2) is 65.8 Å². The number of aliphatic imine (C=N–C) groups is 1. The lowest BCUT2D eigenvalue weighted by Crippen LogP contribution is -2.33. The minimum Gasteiger partial charge on any atom is -0.376 e. The Morgan fingerprint density at radius 2 is 1.92 bits per heavy atom. The van der Waals surface area contributed by atoms with Crippen molar-refractivity contribution in [3.8, 4) is 0 Å². The number of hydrogen-bond donors (Lipinski definition) is 2. The predicted molar refractivity (Wildman–Crippen MR) is 154 cm³/mol. The summed E-state index contributed by atoms with van der Waals surface area (Å²) in [4.78, 5) is 24.3. The van der Waals surface area contributed by atoms with Crippen molar-refractivity contribution in [2.24, 2.45) is 4.99 Å². The number of nitrogens with zero attached hydrogens (tertiary/aromatic N) is 3. The maximum absolute atomic E-state index is 13.1. The van der Waals surface area contributed by atoms with Gasteiger partial charge < -0.3 is 10.6 Å². The van der Waals surface area contributed by atoms with Gasteiger partial charge in [-0.2, -0.15) is 0 Å². The van der Waals surface area contributed by atoms with Crippen molar-refractivity contribution >= 4 is 58.5 Å². The molecule has 1 atom stereocenters. The molecular weight excluding hydrogens is 505 g/mol. The van der Waals surface area contributed by atoms with E-state index in [1.54, 1.807) is 12.1 Å². The predicted octanol–water partition coefficient (Wildman–Crippen LogP) is 7.05. The average Bonchev–Trinajstić information content (AvgIpc) is 2.90. The van der Waals surface area contributed by atoms with E-state index in [0.29, 0.717) is 10.7 Å². The molecule has 5 rings (SSSR count). The molecule has 2 aliphatic heterocycles. The largest absolute Gasteiger partial charge is 0.376 e. The van der Waals surface area contributed by atoms with E-state index in [1.165, 1.54) is 6.20 Å². The molecular formula is C29H29Cl2N5O. The van der Waals surface area contributed by atoms with Gasteiger partial charge in [-0.3, -0.25) is 14.7 Å². The SMILES string of the molecule is CC1C=Nc2c(ccc(NC(=O)c3ccnc(Cl)c3)c2C2CCN(C/C=C/c3ccc(Cl)cc3)CC2)N1. The molecule has 1 unspecified atom stereocenters. The summed E-state index contributed by atoms with van der Waals surface area (Å²) < 4.78 is 0. The molecule has 6 nitrogen and oxygen atoms in total. The first-order chi connectivity index (χ1) is 18.0. The van der Waals surface area contributed by atoms with Gasteiger partial charge in [0.2, 0.25) is 0 Å². The zero-order valence-corrected chi connectivity index (χ0v) is 22.1. The molecule has 3 heterocycles. The van der Waals surface area contributed by atoms with E-state index < -0.39 is 0 Å². The van der Waals surface area contributed by atoms with Crippen LogP contribution in [0.2, 0.25) is 10.2 Å². The maximum Gasteiger partial charge on any atom is 0.255 e. The molecule has 2 aliphatic rings.